The lowest BCUT2D eigenvalue weighted by atomic mass is 10.1. The van der Waals surface area contributed by atoms with E-state index in [1.807, 2.05) is 13.1 Å². The highest BCUT2D eigenvalue weighted by Crippen LogP contribution is 2.20. The molecule has 1 aliphatic rings. The smallest absolute Gasteiger partial charge is 0.260 e. The molecule has 1 fully saturated rings. The van der Waals surface area contributed by atoms with Crippen LogP contribution in [0.5, 0.6) is 0 Å². The first-order valence-corrected chi connectivity index (χ1v) is 8.52. The molecule has 8 nitrogen and oxygen atoms in total. The summed E-state index contributed by atoms with van der Waals surface area (Å²) in [5, 5.41) is 17.9. The second-order valence-electron chi connectivity index (χ2n) is 5.50. The number of hydrogen-bond acceptors (Lipinski definition) is 8. The number of nitriles is 1. The van der Waals surface area contributed by atoms with Crippen LogP contribution in [0.3, 0.4) is 0 Å². The largest absolute Gasteiger partial charge is 0.434 e. The standard InChI is InChI=1S/C11H6N2O2.C5H12N2.C3H8N2/c12-5-8-2-1-3-9(4-8)10-6-13-11(7-14)15-10;1-6-5-2-3-7-4-5;1-5-3-2-4/h1-4,6-7H;5-7H,2-4H2,1H3;2-3,5H,4H2,1H3/b;;3-2-. The molecule has 1 aliphatic heterocycles. The zero-order valence-corrected chi connectivity index (χ0v) is 15.6. The van der Waals surface area contributed by atoms with Crippen LogP contribution in [0.15, 0.2) is 47.3 Å². The SMILES string of the molecule is CN/C=C\N.CNC1CCNC1.N#Cc1cccc(-c2cnc(C=O)o2)c1. The van der Waals surface area contributed by atoms with E-state index >= 15 is 0 Å². The van der Waals surface area contributed by atoms with Crippen molar-refractivity contribution >= 4 is 6.29 Å². The lowest BCUT2D eigenvalue weighted by Crippen LogP contribution is -2.26. The molecule has 1 atom stereocenters. The first kappa shape index (κ1) is 21.9. The van der Waals surface area contributed by atoms with Gasteiger partial charge in [-0.25, -0.2) is 4.98 Å². The number of nitrogens with two attached hydrogens (primary N) is 1. The Balaban J connectivity index is 0.000000252. The Bertz CT molecular complexity index is 745. The Morgan fingerprint density at radius 1 is 1.44 bits per heavy atom. The van der Waals surface area contributed by atoms with E-state index in [0.29, 0.717) is 17.6 Å². The van der Waals surface area contributed by atoms with E-state index in [0.717, 1.165) is 18.2 Å². The van der Waals surface area contributed by atoms with Crippen molar-refractivity contribution in [1.82, 2.24) is 20.9 Å². The van der Waals surface area contributed by atoms with Crippen LogP contribution in [-0.4, -0.2) is 44.5 Å². The van der Waals surface area contributed by atoms with E-state index in [2.05, 4.69) is 20.9 Å². The van der Waals surface area contributed by atoms with Gasteiger partial charge in [-0.2, -0.15) is 5.26 Å². The molecule has 5 N–H and O–H groups in total. The Morgan fingerprint density at radius 2 is 2.26 bits per heavy atom. The maximum absolute atomic E-state index is 10.4. The van der Waals surface area contributed by atoms with E-state index in [-0.39, 0.29) is 5.89 Å². The third-order valence-electron chi connectivity index (χ3n) is 3.63. The second kappa shape index (κ2) is 13.1. The average molecular weight is 370 g/mol. The summed E-state index contributed by atoms with van der Waals surface area (Å²) in [5.41, 5.74) is 6.17. The maximum Gasteiger partial charge on any atom is 0.260 e. The van der Waals surface area contributed by atoms with Crippen LogP contribution < -0.4 is 21.7 Å². The highest BCUT2D eigenvalue weighted by molar-refractivity contribution is 5.69. The van der Waals surface area contributed by atoms with Gasteiger partial charge in [-0.1, -0.05) is 12.1 Å². The van der Waals surface area contributed by atoms with Crippen molar-refractivity contribution in [3.05, 3.63) is 54.3 Å². The number of hydrogen-bond donors (Lipinski definition) is 4. The summed E-state index contributed by atoms with van der Waals surface area (Å²) in [6.07, 6.45) is 6.38. The highest BCUT2D eigenvalue weighted by atomic mass is 16.4. The van der Waals surface area contributed by atoms with Crippen molar-refractivity contribution in [2.24, 2.45) is 5.73 Å². The van der Waals surface area contributed by atoms with Gasteiger partial charge in [0.05, 0.1) is 17.8 Å². The van der Waals surface area contributed by atoms with Crippen LogP contribution in [0.1, 0.15) is 22.7 Å². The van der Waals surface area contributed by atoms with Gasteiger partial charge in [-0.15, -0.1) is 0 Å². The molecule has 0 aliphatic carbocycles. The lowest BCUT2D eigenvalue weighted by Gasteiger charge is -2.02. The van der Waals surface area contributed by atoms with Gasteiger partial charge in [0.2, 0.25) is 6.29 Å². The van der Waals surface area contributed by atoms with Gasteiger partial charge < -0.3 is 26.1 Å². The van der Waals surface area contributed by atoms with Crippen molar-refractivity contribution in [1.29, 1.82) is 5.26 Å². The first-order valence-electron chi connectivity index (χ1n) is 8.52. The maximum atomic E-state index is 10.4. The predicted octanol–water partition coefficient (Wildman–Crippen LogP) is 1.23. The zero-order valence-electron chi connectivity index (χ0n) is 15.6. The summed E-state index contributed by atoms with van der Waals surface area (Å²) in [6.45, 7) is 2.34. The summed E-state index contributed by atoms with van der Waals surface area (Å²) in [5.74, 6) is 0.515. The van der Waals surface area contributed by atoms with E-state index in [4.69, 9.17) is 15.4 Å². The minimum Gasteiger partial charge on any atom is -0.434 e. The van der Waals surface area contributed by atoms with Gasteiger partial charge in [0.25, 0.3) is 5.89 Å². The molecule has 144 valence electrons. The molecule has 0 radical (unpaired) electrons. The number of benzene rings is 1. The molecular formula is C19H26N6O2. The lowest BCUT2D eigenvalue weighted by molar-refractivity contribution is 0.109. The number of oxazole rings is 1. The Labute approximate surface area is 159 Å². The number of carbonyl (C=O) groups excluding carboxylic acids is 1. The van der Waals surface area contributed by atoms with Crippen LogP contribution >= 0.6 is 0 Å². The predicted molar refractivity (Wildman–Crippen MR) is 105 cm³/mol. The summed E-state index contributed by atoms with van der Waals surface area (Å²) in [7, 11) is 3.81. The molecular weight excluding hydrogens is 344 g/mol. The molecule has 1 aromatic heterocycles. The minimum absolute atomic E-state index is 0.0346. The quantitative estimate of drug-likeness (QED) is 0.592. The fourth-order valence-corrected chi connectivity index (χ4v) is 2.21. The molecule has 1 saturated heterocycles. The molecule has 0 spiro atoms. The van der Waals surface area contributed by atoms with Crippen LogP contribution in [0.4, 0.5) is 0 Å². The molecule has 1 unspecified atom stereocenters. The Morgan fingerprint density at radius 3 is 2.70 bits per heavy atom. The van der Waals surface area contributed by atoms with Gasteiger partial charge in [-0.3, -0.25) is 4.79 Å². The summed E-state index contributed by atoms with van der Waals surface area (Å²) in [6, 6.07) is 9.67. The number of likely N-dealkylation sites (N-methyl/N-ethyl adjacent to an activating group) is 1. The van der Waals surface area contributed by atoms with Crippen LogP contribution in [0.25, 0.3) is 11.3 Å². The fraction of sp³-hybridized carbons (Fsp3) is 0.316. The van der Waals surface area contributed by atoms with Crippen LogP contribution in [-0.2, 0) is 0 Å². The monoisotopic (exact) mass is 370 g/mol. The van der Waals surface area contributed by atoms with E-state index < -0.39 is 0 Å². The molecule has 1 aromatic carbocycles. The number of nitrogens with zero attached hydrogens (tertiary/aromatic N) is 2. The highest BCUT2D eigenvalue weighted by Gasteiger charge is 2.09. The summed E-state index contributed by atoms with van der Waals surface area (Å²) in [4.78, 5) is 14.1. The number of aromatic nitrogens is 1. The third-order valence-corrected chi connectivity index (χ3v) is 3.63. The third kappa shape index (κ3) is 8.18. The van der Waals surface area contributed by atoms with Crippen molar-refractivity contribution in [2.45, 2.75) is 12.5 Å². The van der Waals surface area contributed by atoms with Crippen molar-refractivity contribution in [2.75, 3.05) is 27.2 Å². The second-order valence-corrected chi connectivity index (χ2v) is 5.50. The molecule has 8 heteroatoms. The number of nitrogens with one attached hydrogen (secondary N) is 3. The first-order chi connectivity index (χ1) is 13.2. The minimum atomic E-state index is 0.0346. The molecule has 27 heavy (non-hydrogen) atoms. The average Bonchev–Trinajstić information content (AvgIpc) is 3.41. The fourth-order valence-electron chi connectivity index (χ4n) is 2.21. The van der Waals surface area contributed by atoms with Gasteiger partial charge >= 0.3 is 0 Å². The zero-order chi connectivity index (χ0) is 19.9. The number of rotatable bonds is 4. The Hall–Kier alpha value is -3.15. The normalized spacial score (nSPS) is 15.1. The molecule has 3 rings (SSSR count). The topological polar surface area (TPSA) is 129 Å². The van der Waals surface area contributed by atoms with Crippen LogP contribution in [0, 0.1) is 11.3 Å². The molecule has 2 heterocycles. The summed E-state index contributed by atoms with van der Waals surface area (Å²) < 4.78 is 5.13. The van der Waals surface area contributed by atoms with E-state index in [1.165, 1.54) is 25.4 Å². The van der Waals surface area contributed by atoms with E-state index in [9.17, 15) is 4.79 Å². The van der Waals surface area contributed by atoms with E-state index in [1.54, 1.807) is 37.5 Å². The number of carbonyl (C=O) groups is 1. The number of aldehydes is 1. The molecule has 2 aromatic rings. The Kier molecular flexibility index (Phi) is 10.6. The van der Waals surface area contributed by atoms with Gasteiger partial charge in [-0.05, 0) is 32.1 Å². The van der Waals surface area contributed by atoms with Gasteiger partial charge in [0, 0.05) is 37.6 Å². The van der Waals surface area contributed by atoms with Crippen molar-refractivity contribution < 1.29 is 9.21 Å². The van der Waals surface area contributed by atoms with Gasteiger partial charge in [0.1, 0.15) is 0 Å². The van der Waals surface area contributed by atoms with Gasteiger partial charge in [0.15, 0.2) is 5.76 Å². The van der Waals surface area contributed by atoms with Crippen LogP contribution in [0.2, 0.25) is 0 Å². The van der Waals surface area contributed by atoms with Crippen molar-refractivity contribution in [3.63, 3.8) is 0 Å². The molecule has 0 amide bonds. The van der Waals surface area contributed by atoms with Crippen molar-refractivity contribution in [3.8, 4) is 17.4 Å². The molecule has 0 saturated carbocycles. The molecule has 0 bridgehead atoms. The summed E-state index contributed by atoms with van der Waals surface area (Å²) >= 11 is 0.